The van der Waals surface area contributed by atoms with Gasteiger partial charge in [0.05, 0.1) is 39.0 Å². The molecular weight excluding hydrogens is 797 g/mol. The quantitative estimate of drug-likeness (QED) is 0.167. The predicted molar refractivity (Wildman–Crippen MR) is 266 cm³/mol. The van der Waals surface area contributed by atoms with Crippen molar-refractivity contribution in [3.63, 3.8) is 0 Å². The molecule has 6 nitrogen and oxygen atoms in total. The molecule has 0 aliphatic carbocycles. The Morgan fingerprint density at radius 3 is 1.62 bits per heavy atom. The van der Waals surface area contributed by atoms with Crippen molar-refractivity contribution in [3.8, 4) is 56.4 Å². The number of fused-ring (bicyclic) bond motifs is 9. The van der Waals surface area contributed by atoms with E-state index in [0.29, 0.717) is 11.3 Å². The molecule has 0 unspecified atom stereocenters. The standard InChI is InChI=1S/C59H36N4O2/c64-58-56-45-26-12-14-30-49(45)63(59-60-47(38-20-6-2-7-21-38)36-48(61-59)39-22-8-3-9-23-39)57(56)55-44(43-29-17-33-53-54(43)46-27-13-15-32-52(46)65-53)28-16-31-51(55)62(58)50-35-34-40(37-18-4-1-5-19-37)41-24-10-11-25-42(41)50/h1-36H. The molecule has 6 heteroatoms. The minimum atomic E-state index is -0.133. The summed E-state index contributed by atoms with van der Waals surface area (Å²) in [6.45, 7) is 0. The van der Waals surface area contributed by atoms with Gasteiger partial charge in [-0.05, 0) is 64.0 Å². The average molecular weight is 833 g/mol. The Hall–Kier alpha value is -8.87. The molecule has 13 aromatic rings. The third-order valence-corrected chi connectivity index (χ3v) is 12.8. The van der Waals surface area contributed by atoms with Crippen LogP contribution < -0.4 is 5.56 Å². The van der Waals surface area contributed by atoms with Crippen molar-refractivity contribution in [2.75, 3.05) is 0 Å². The Kier molecular flexibility index (Phi) is 8.26. The average Bonchev–Trinajstić information content (AvgIpc) is 3.94. The summed E-state index contributed by atoms with van der Waals surface area (Å²) in [5, 5.41) is 6.34. The van der Waals surface area contributed by atoms with Crippen LogP contribution in [0.5, 0.6) is 0 Å². The fourth-order valence-corrected chi connectivity index (χ4v) is 9.96. The van der Waals surface area contributed by atoms with E-state index in [1.165, 1.54) is 0 Å². The van der Waals surface area contributed by atoms with Gasteiger partial charge < -0.3 is 4.42 Å². The van der Waals surface area contributed by atoms with E-state index in [2.05, 4.69) is 144 Å². The van der Waals surface area contributed by atoms with Crippen molar-refractivity contribution in [3.05, 3.63) is 229 Å². The molecule has 0 spiro atoms. The van der Waals surface area contributed by atoms with Crippen molar-refractivity contribution < 1.29 is 4.42 Å². The predicted octanol–water partition coefficient (Wildman–Crippen LogP) is 14.6. The van der Waals surface area contributed by atoms with Gasteiger partial charge in [0.25, 0.3) is 5.56 Å². The first-order valence-electron chi connectivity index (χ1n) is 21.8. The molecule has 0 aliphatic heterocycles. The van der Waals surface area contributed by atoms with Crippen LogP contribution in [-0.2, 0) is 0 Å². The number of nitrogens with zero attached hydrogens (tertiary/aromatic N) is 4. The molecule has 13 rings (SSSR count). The lowest BCUT2D eigenvalue weighted by atomic mass is 9.94. The Morgan fingerprint density at radius 2 is 0.908 bits per heavy atom. The topological polar surface area (TPSA) is 65.8 Å². The van der Waals surface area contributed by atoms with E-state index in [0.717, 1.165) is 110 Å². The van der Waals surface area contributed by atoms with Crippen LogP contribution in [0, 0.1) is 0 Å². The Bertz CT molecular complexity index is 4020. The van der Waals surface area contributed by atoms with Crippen LogP contribution in [0.2, 0.25) is 0 Å². The van der Waals surface area contributed by atoms with E-state index in [4.69, 9.17) is 14.4 Å². The van der Waals surface area contributed by atoms with Crippen molar-refractivity contribution in [1.29, 1.82) is 0 Å². The number of benzene rings is 9. The van der Waals surface area contributed by atoms with Gasteiger partial charge in [0.1, 0.15) is 11.2 Å². The summed E-state index contributed by atoms with van der Waals surface area (Å²) in [7, 11) is 0. The van der Waals surface area contributed by atoms with E-state index in [1.54, 1.807) is 0 Å². The van der Waals surface area contributed by atoms with Gasteiger partial charge in [-0.15, -0.1) is 0 Å². The van der Waals surface area contributed by atoms with Gasteiger partial charge in [-0.2, -0.15) is 0 Å². The van der Waals surface area contributed by atoms with E-state index >= 15 is 4.79 Å². The fraction of sp³-hybridized carbons (Fsp3) is 0. The van der Waals surface area contributed by atoms with Crippen LogP contribution in [0.3, 0.4) is 0 Å². The minimum Gasteiger partial charge on any atom is -0.456 e. The molecule has 65 heavy (non-hydrogen) atoms. The van der Waals surface area contributed by atoms with E-state index in [9.17, 15) is 0 Å². The second kappa shape index (κ2) is 14.6. The van der Waals surface area contributed by atoms with Crippen LogP contribution in [0.25, 0.3) is 122 Å². The maximum atomic E-state index is 16.1. The molecule has 0 atom stereocenters. The third-order valence-electron chi connectivity index (χ3n) is 12.8. The lowest BCUT2D eigenvalue weighted by molar-refractivity contribution is 0.669. The third kappa shape index (κ3) is 5.71. The van der Waals surface area contributed by atoms with Gasteiger partial charge in [-0.3, -0.25) is 13.9 Å². The summed E-state index contributed by atoms with van der Waals surface area (Å²) in [5.41, 5.74) is 12.2. The number of para-hydroxylation sites is 2. The highest BCUT2D eigenvalue weighted by Crippen LogP contribution is 2.44. The van der Waals surface area contributed by atoms with E-state index in [1.807, 2.05) is 83.4 Å². The van der Waals surface area contributed by atoms with Crippen molar-refractivity contribution >= 4 is 65.4 Å². The number of furan rings is 1. The molecule has 9 aromatic carbocycles. The van der Waals surface area contributed by atoms with Gasteiger partial charge in [-0.25, -0.2) is 9.97 Å². The second-order valence-electron chi connectivity index (χ2n) is 16.4. The summed E-state index contributed by atoms with van der Waals surface area (Å²) in [4.78, 5) is 26.8. The zero-order chi connectivity index (χ0) is 43.0. The van der Waals surface area contributed by atoms with E-state index in [-0.39, 0.29) is 5.56 Å². The van der Waals surface area contributed by atoms with Crippen LogP contribution in [0.4, 0.5) is 0 Å². The monoisotopic (exact) mass is 832 g/mol. The summed E-state index contributed by atoms with van der Waals surface area (Å²) in [6, 6.07) is 74.4. The van der Waals surface area contributed by atoms with Crippen molar-refractivity contribution in [2.24, 2.45) is 0 Å². The number of hydrogen-bond donors (Lipinski definition) is 0. The van der Waals surface area contributed by atoms with Gasteiger partial charge >= 0.3 is 0 Å². The number of aromatic nitrogens is 4. The first-order valence-corrected chi connectivity index (χ1v) is 21.8. The molecule has 0 bridgehead atoms. The van der Waals surface area contributed by atoms with Crippen LogP contribution in [0.1, 0.15) is 0 Å². The molecule has 0 saturated carbocycles. The zero-order valence-corrected chi connectivity index (χ0v) is 34.9. The Balaban J connectivity index is 1.22. The molecule has 4 heterocycles. The van der Waals surface area contributed by atoms with Crippen LogP contribution in [-0.4, -0.2) is 19.1 Å². The number of rotatable bonds is 6. The smallest absolute Gasteiger partial charge is 0.265 e. The molecule has 0 saturated heterocycles. The summed E-state index contributed by atoms with van der Waals surface area (Å²) < 4.78 is 10.5. The first-order chi connectivity index (χ1) is 32.2. The second-order valence-corrected chi connectivity index (χ2v) is 16.4. The minimum absolute atomic E-state index is 0.133. The largest absolute Gasteiger partial charge is 0.456 e. The van der Waals surface area contributed by atoms with Gasteiger partial charge in [0.15, 0.2) is 0 Å². The highest BCUT2D eigenvalue weighted by Gasteiger charge is 2.27. The van der Waals surface area contributed by atoms with Gasteiger partial charge in [-0.1, -0.05) is 182 Å². The van der Waals surface area contributed by atoms with Gasteiger partial charge in [0, 0.05) is 38.1 Å². The summed E-state index contributed by atoms with van der Waals surface area (Å²) in [6.07, 6.45) is 0. The summed E-state index contributed by atoms with van der Waals surface area (Å²) >= 11 is 0. The Morgan fingerprint density at radius 1 is 0.369 bits per heavy atom. The van der Waals surface area contributed by atoms with Crippen molar-refractivity contribution in [2.45, 2.75) is 0 Å². The molecule has 304 valence electrons. The lowest BCUT2D eigenvalue weighted by Crippen LogP contribution is -2.20. The SMILES string of the molecule is O=c1c2c3ccccc3n(-c3nc(-c4ccccc4)cc(-c4ccccc4)n3)c2c2c(-c3cccc4oc5ccccc5c34)cccc2n1-c1ccc(-c2ccccc2)c2ccccc12. The molecule has 0 fully saturated rings. The Labute approximate surface area is 372 Å². The maximum Gasteiger partial charge on any atom is 0.265 e. The molecule has 4 aromatic heterocycles. The fourth-order valence-electron chi connectivity index (χ4n) is 9.96. The first kappa shape index (κ1) is 36.8. The maximum absolute atomic E-state index is 16.1. The normalized spacial score (nSPS) is 11.8. The number of pyridine rings is 1. The highest BCUT2D eigenvalue weighted by atomic mass is 16.3. The highest BCUT2D eigenvalue weighted by molar-refractivity contribution is 6.24. The van der Waals surface area contributed by atoms with Crippen LogP contribution in [0.15, 0.2) is 228 Å². The lowest BCUT2D eigenvalue weighted by Gasteiger charge is -2.19. The molecule has 0 N–H and O–H groups in total. The summed E-state index contributed by atoms with van der Waals surface area (Å²) in [5.74, 6) is 0.467. The molecule has 0 radical (unpaired) electrons. The van der Waals surface area contributed by atoms with Crippen LogP contribution >= 0.6 is 0 Å². The van der Waals surface area contributed by atoms with Gasteiger partial charge in [0.2, 0.25) is 5.95 Å². The molecule has 0 aliphatic rings. The number of hydrogen-bond acceptors (Lipinski definition) is 4. The van der Waals surface area contributed by atoms with Crippen molar-refractivity contribution in [1.82, 2.24) is 19.1 Å². The van der Waals surface area contributed by atoms with E-state index < -0.39 is 0 Å². The molecular formula is C59H36N4O2. The zero-order valence-electron chi connectivity index (χ0n) is 34.9. The molecule has 0 amide bonds.